The molecule has 2 fully saturated rings. The number of amides is 3. The van der Waals surface area contributed by atoms with Gasteiger partial charge in [0, 0.05) is 18.7 Å². The van der Waals surface area contributed by atoms with Crippen LogP contribution in [0.25, 0.3) is 11.5 Å². The Hall–Kier alpha value is -5.01. The molecular formula is C28H21F5N6O3. The third-order valence-electron chi connectivity index (χ3n) is 7.12. The van der Waals surface area contributed by atoms with E-state index in [4.69, 9.17) is 4.42 Å². The van der Waals surface area contributed by atoms with Crippen molar-refractivity contribution in [3.63, 3.8) is 0 Å². The molecule has 3 amide bonds. The molecule has 2 N–H and O–H groups in total. The third-order valence-corrected chi connectivity index (χ3v) is 7.12. The van der Waals surface area contributed by atoms with E-state index < -0.39 is 46.9 Å². The number of nitrogens with one attached hydrogen (secondary N) is 2. The van der Waals surface area contributed by atoms with Crippen molar-refractivity contribution in [1.82, 2.24) is 14.9 Å². The lowest BCUT2D eigenvalue weighted by atomic mass is 10.2. The topological polar surface area (TPSA) is 104 Å². The number of halogens is 5. The summed E-state index contributed by atoms with van der Waals surface area (Å²) in [6.45, 7) is 0.704. The highest BCUT2D eigenvalue weighted by atomic mass is 19.4. The number of carbonyl (C=O) groups is 2. The number of urea groups is 1. The lowest BCUT2D eigenvalue weighted by Gasteiger charge is -2.35. The summed E-state index contributed by atoms with van der Waals surface area (Å²) in [5.74, 6) is -4.18. The Morgan fingerprint density at radius 3 is 2.26 bits per heavy atom. The number of oxazole rings is 1. The fraction of sp³-hybridized carbons (Fsp3) is 0.214. The largest absolute Gasteiger partial charge is 0.452 e. The minimum absolute atomic E-state index is 0.111. The van der Waals surface area contributed by atoms with Crippen molar-refractivity contribution < 1.29 is 36.0 Å². The fourth-order valence-corrected chi connectivity index (χ4v) is 5.18. The Morgan fingerprint density at radius 2 is 1.64 bits per heavy atom. The number of carbonyl (C=O) groups excluding carboxylic acids is 2. The third kappa shape index (κ3) is 5.10. The van der Waals surface area contributed by atoms with E-state index in [0.29, 0.717) is 25.3 Å². The molecule has 216 valence electrons. The van der Waals surface area contributed by atoms with E-state index in [1.54, 1.807) is 24.3 Å². The van der Waals surface area contributed by atoms with Crippen molar-refractivity contribution in [1.29, 1.82) is 0 Å². The number of likely N-dealkylation sites (tertiary alicyclic amines) is 1. The highest BCUT2D eigenvalue weighted by Gasteiger charge is 2.46. The van der Waals surface area contributed by atoms with Crippen molar-refractivity contribution in [2.75, 3.05) is 28.6 Å². The summed E-state index contributed by atoms with van der Waals surface area (Å²) in [7, 11) is 0. The van der Waals surface area contributed by atoms with Gasteiger partial charge in [-0.3, -0.25) is 4.79 Å². The van der Waals surface area contributed by atoms with E-state index in [9.17, 15) is 31.5 Å². The van der Waals surface area contributed by atoms with E-state index in [-0.39, 0.29) is 29.2 Å². The Bertz CT molecular complexity index is 1620. The van der Waals surface area contributed by atoms with Crippen molar-refractivity contribution in [3.8, 4) is 11.5 Å². The second-order valence-corrected chi connectivity index (χ2v) is 9.79. The first kappa shape index (κ1) is 27.2. The Balaban J connectivity index is 1.11. The number of rotatable bonds is 5. The number of aromatic nitrogens is 2. The molecule has 6 rings (SSSR count). The molecule has 2 atom stereocenters. The number of nitrogens with zero attached hydrogens (tertiary/aromatic N) is 4. The molecule has 2 aromatic heterocycles. The summed E-state index contributed by atoms with van der Waals surface area (Å²) in [5, 5.41) is 4.68. The van der Waals surface area contributed by atoms with Gasteiger partial charge in [-0.25, -0.2) is 23.5 Å². The van der Waals surface area contributed by atoms with Crippen LogP contribution < -0.4 is 15.5 Å². The molecule has 0 spiro atoms. The molecular weight excluding hydrogens is 563 g/mol. The van der Waals surface area contributed by atoms with Gasteiger partial charge in [0.1, 0.15) is 23.1 Å². The molecule has 2 unspecified atom stereocenters. The first-order valence-corrected chi connectivity index (χ1v) is 12.8. The molecule has 2 saturated heterocycles. The van der Waals surface area contributed by atoms with Crippen LogP contribution >= 0.6 is 0 Å². The molecule has 4 heterocycles. The van der Waals surface area contributed by atoms with E-state index in [1.165, 1.54) is 35.4 Å². The molecule has 2 bridgehead atoms. The first-order valence-electron chi connectivity index (χ1n) is 12.8. The zero-order valence-corrected chi connectivity index (χ0v) is 21.5. The molecule has 0 radical (unpaired) electrons. The van der Waals surface area contributed by atoms with E-state index in [2.05, 4.69) is 20.6 Å². The number of benzene rings is 2. The van der Waals surface area contributed by atoms with Crippen LogP contribution in [0.15, 0.2) is 71.3 Å². The Kier molecular flexibility index (Phi) is 6.75. The predicted molar refractivity (Wildman–Crippen MR) is 141 cm³/mol. The number of anilines is 3. The van der Waals surface area contributed by atoms with Crippen LogP contribution in [-0.4, -0.2) is 52.0 Å². The summed E-state index contributed by atoms with van der Waals surface area (Å²) in [5.41, 5.74) is -0.997. The van der Waals surface area contributed by atoms with Crippen LogP contribution in [0.2, 0.25) is 0 Å². The van der Waals surface area contributed by atoms with Crippen molar-refractivity contribution in [2.24, 2.45) is 0 Å². The number of fused-ring (bicyclic) bond motifs is 2. The minimum atomic E-state index is -4.95. The van der Waals surface area contributed by atoms with Gasteiger partial charge in [-0.15, -0.1) is 0 Å². The average Bonchev–Trinajstić information content (AvgIpc) is 3.71. The molecule has 0 aliphatic carbocycles. The number of hydrogen-bond acceptors (Lipinski definition) is 6. The zero-order valence-electron chi connectivity index (χ0n) is 21.5. The number of hydrogen-bond donors (Lipinski definition) is 2. The summed E-state index contributed by atoms with van der Waals surface area (Å²) in [6.07, 6.45) is -3.03. The lowest BCUT2D eigenvalue weighted by Crippen LogP contribution is -2.50. The molecule has 4 aromatic rings. The second-order valence-electron chi connectivity index (χ2n) is 9.79. The van der Waals surface area contributed by atoms with Gasteiger partial charge in [-0.1, -0.05) is 24.3 Å². The number of piperazine rings is 1. The van der Waals surface area contributed by atoms with E-state index in [0.717, 1.165) is 12.1 Å². The molecule has 2 aromatic carbocycles. The van der Waals surface area contributed by atoms with Gasteiger partial charge < -0.3 is 24.9 Å². The average molecular weight is 585 g/mol. The van der Waals surface area contributed by atoms with Crippen LogP contribution in [0.4, 0.5) is 43.9 Å². The standard InChI is InChI=1S/C28H21F5N6O3/c29-19-7-4-8-20(30)22(19)37-27(41)39-14-17-11-18(39)13-38(17)21-10-9-16(12-34-21)35-25(40)23-24(28(31,32)33)42-26(36-23)15-5-2-1-3-6-15/h1-10,12,17-18H,11,13-14H2,(H,35,40)(H,37,41). The van der Waals surface area contributed by atoms with Gasteiger partial charge in [0.2, 0.25) is 11.7 Å². The first-order chi connectivity index (χ1) is 20.1. The van der Waals surface area contributed by atoms with Crippen LogP contribution in [-0.2, 0) is 6.18 Å². The fourth-order valence-electron chi connectivity index (χ4n) is 5.18. The van der Waals surface area contributed by atoms with Crippen molar-refractivity contribution >= 4 is 29.1 Å². The van der Waals surface area contributed by atoms with Crippen LogP contribution in [0.3, 0.4) is 0 Å². The molecule has 14 heteroatoms. The molecule has 2 aliphatic heterocycles. The number of para-hydroxylation sites is 1. The van der Waals surface area contributed by atoms with Crippen molar-refractivity contribution in [3.05, 3.63) is 89.9 Å². The smallest absolute Gasteiger partial charge is 0.431 e. The van der Waals surface area contributed by atoms with Crippen LogP contribution in [0, 0.1) is 11.6 Å². The predicted octanol–water partition coefficient (Wildman–Crippen LogP) is 5.78. The highest BCUT2D eigenvalue weighted by Crippen LogP contribution is 2.37. The molecule has 0 saturated carbocycles. The van der Waals surface area contributed by atoms with Crippen LogP contribution in [0.1, 0.15) is 22.7 Å². The Morgan fingerprint density at radius 1 is 0.905 bits per heavy atom. The normalized spacial score (nSPS) is 17.9. The number of alkyl halides is 3. The van der Waals surface area contributed by atoms with Gasteiger partial charge in [0.05, 0.1) is 24.0 Å². The zero-order chi connectivity index (χ0) is 29.6. The summed E-state index contributed by atoms with van der Waals surface area (Å²) in [4.78, 5) is 37.1. The van der Waals surface area contributed by atoms with Crippen molar-refractivity contribution in [2.45, 2.75) is 24.7 Å². The van der Waals surface area contributed by atoms with E-state index >= 15 is 0 Å². The second kappa shape index (κ2) is 10.4. The SMILES string of the molecule is O=C(Nc1ccc(N2CC3CC2CN3C(=O)Nc2c(F)cccc2F)nc1)c1nc(-c2ccccc2)oc1C(F)(F)F. The quantitative estimate of drug-likeness (QED) is 0.288. The Labute approximate surface area is 235 Å². The summed E-state index contributed by atoms with van der Waals surface area (Å²) in [6, 6.07) is 13.3. The maximum absolute atomic E-state index is 13.9. The molecule has 2 aliphatic rings. The summed E-state index contributed by atoms with van der Waals surface area (Å²) >= 11 is 0. The highest BCUT2D eigenvalue weighted by molar-refractivity contribution is 6.04. The van der Waals surface area contributed by atoms with Gasteiger partial charge >= 0.3 is 12.2 Å². The van der Waals surface area contributed by atoms with Gasteiger partial charge in [0.25, 0.3) is 5.91 Å². The van der Waals surface area contributed by atoms with Crippen LogP contribution in [0.5, 0.6) is 0 Å². The summed E-state index contributed by atoms with van der Waals surface area (Å²) < 4.78 is 73.6. The van der Waals surface area contributed by atoms with Gasteiger partial charge in [-0.2, -0.15) is 13.2 Å². The molecule has 42 heavy (non-hydrogen) atoms. The minimum Gasteiger partial charge on any atom is -0.431 e. The van der Waals surface area contributed by atoms with Gasteiger partial charge in [-0.05, 0) is 42.8 Å². The van der Waals surface area contributed by atoms with Gasteiger partial charge in [0.15, 0.2) is 5.69 Å². The maximum Gasteiger partial charge on any atom is 0.452 e. The maximum atomic E-state index is 13.9. The molecule has 9 nitrogen and oxygen atoms in total. The van der Waals surface area contributed by atoms with E-state index in [1.807, 2.05) is 4.90 Å². The lowest BCUT2D eigenvalue weighted by molar-refractivity contribution is -0.153. The number of pyridine rings is 1. The monoisotopic (exact) mass is 584 g/mol.